The zero-order chi connectivity index (χ0) is 25.4. The van der Waals surface area contributed by atoms with Crippen molar-refractivity contribution in [2.24, 2.45) is 5.41 Å². The van der Waals surface area contributed by atoms with Crippen LogP contribution in [0.1, 0.15) is 57.6 Å². The lowest BCUT2D eigenvalue weighted by atomic mass is 9.82. The van der Waals surface area contributed by atoms with Crippen LogP contribution in [-0.4, -0.2) is 51.8 Å². The van der Waals surface area contributed by atoms with Crippen LogP contribution in [0.5, 0.6) is 0 Å². The third-order valence-electron chi connectivity index (χ3n) is 5.65. The molecule has 3 rings (SSSR count). The SMILES string of the molecule is CC(C)(C)OC(=O)N1CCCC(C)(C(=O)O)C1.O=C(O)C(Cc1ccccc1)c1ccccc1. The molecule has 1 aliphatic rings. The minimum Gasteiger partial charge on any atom is -0.481 e. The molecule has 1 aliphatic heterocycles. The van der Waals surface area contributed by atoms with E-state index in [1.165, 1.54) is 4.90 Å². The summed E-state index contributed by atoms with van der Waals surface area (Å²) in [5.41, 5.74) is 0.496. The molecule has 0 saturated carbocycles. The van der Waals surface area contributed by atoms with Crippen LogP contribution in [0.3, 0.4) is 0 Å². The van der Waals surface area contributed by atoms with Crippen LogP contribution in [0.25, 0.3) is 0 Å². The molecule has 0 radical (unpaired) electrons. The van der Waals surface area contributed by atoms with Crippen LogP contribution in [0.2, 0.25) is 0 Å². The standard InChI is InChI=1S/C15H14O2.C12H21NO4/c16-15(17)14(13-9-5-2-6-10-13)11-12-7-3-1-4-8-12;1-11(2,3)17-10(16)13-7-5-6-12(4,8-13)9(14)15/h1-10,14H,11H2,(H,16,17);5-8H2,1-4H3,(H,14,15). The van der Waals surface area contributed by atoms with Crippen molar-refractivity contribution in [1.29, 1.82) is 0 Å². The summed E-state index contributed by atoms with van der Waals surface area (Å²) in [4.78, 5) is 35.8. The second kappa shape index (κ2) is 11.7. The lowest BCUT2D eigenvalue weighted by molar-refractivity contribution is -0.150. The quantitative estimate of drug-likeness (QED) is 0.623. The van der Waals surface area contributed by atoms with E-state index in [2.05, 4.69) is 0 Å². The number of piperidine rings is 1. The van der Waals surface area contributed by atoms with Crippen LogP contribution in [-0.2, 0) is 20.7 Å². The monoisotopic (exact) mass is 469 g/mol. The molecular weight excluding hydrogens is 434 g/mol. The van der Waals surface area contributed by atoms with Gasteiger partial charge in [0.25, 0.3) is 0 Å². The van der Waals surface area contributed by atoms with Crippen molar-refractivity contribution in [3.8, 4) is 0 Å². The van der Waals surface area contributed by atoms with Gasteiger partial charge in [-0.25, -0.2) is 4.79 Å². The second-order valence-corrected chi connectivity index (χ2v) is 9.86. The molecule has 0 aliphatic carbocycles. The van der Waals surface area contributed by atoms with E-state index in [-0.39, 0.29) is 6.54 Å². The summed E-state index contributed by atoms with van der Waals surface area (Å²) >= 11 is 0. The number of carboxylic acids is 2. The van der Waals surface area contributed by atoms with Gasteiger partial charge >= 0.3 is 18.0 Å². The summed E-state index contributed by atoms with van der Waals surface area (Å²) in [6, 6.07) is 19.1. The van der Waals surface area contributed by atoms with Gasteiger partial charge in [-0.15, -0.1) is 0 Å². The zero-order valence-corrected chi connectivity index (χ0v) is 20.4. The molecule has 7 nitrogen and oxygen atoms in total. The van der Waals surface area contributed by atoms with Crippen LogP contribution in [0.15, 0.2) is 60.7 Å². The van der Waals surface area contributed by atoms with Gasteiger partial charge in [0.15, 0.2) is 0 Å². The summed E-state index contributed by atoms with van der Waals surface area (Å²) in [5, 5.41) is 18.4. The fraction of sp³-hybridized carbons (Fsp3) is 0.444. The Hall–Kier alpha value is -3.35. The molecule has 34 heavy (non-hydrogen) atoms. The summed E-state index contributed by atoms with van der Waals surface area (Å²) in [6.45, 7) is 7.85. The largest absolute Gasteiger partial charge is 0.481 e. The van der Waals surface area contributed by atoms with Crippen molar-refractivity contribution in [2.75, 3.05) is 13.1 Å². The number of carbonyl (C=O) groups excluding carboxylic acids is 1. The first-order chi connectivity index (χ1) is 15.9. The van der Waals surface area contributed by atoms with E-state index in [1.54, 1.807) is 27.7 Å². The minimum atomic E-state index is -0.856. The number of rotatable bonds is 5. The number of amides is 1. The molecule has 1 fully saturated rings. The Morgan fingerprint density at radius 2 is 1.56 bits per heavy atom. The van der Waals surface area contributed by atoms with E-state index in [0.717, 1.165) is 11.1 Å². The number of nitrogens with zero attached hydrogens (tertiary/aromatic N) is 1. The minimum absolute atomic E-state index is 0.219. The smallest absolute Gasteiger partial charge is 0.410 e. The first kappa shape index (κ1) is 26.9. The number of hydrogen-bond acceptors (Lipinski definition) is 4. The maximum absolute atomic E-state index is 11.8. The highest BCUT2D eigenvalue weighted by atomic mass is 16.6. The Morgan fingerprint density at radius 3 is 2.06 bits per heavy atom. The van der Waals surface area contributed by atoms with Crippen LogP contribution < -0.4 is 0 Å². The molecular formula is C27H35NO6. The van der Waals surface area contributed by atoms with Gasteiger partial charge in [0.05, 0.1) is 11.3 Å². The van der Waals surface area contributed by atoms with Gasteiger partial charge in [-0.1, -0.05) is 60.7 Å². The summed E-state index contributed by atoms with van der Waals surface area (Å²) in [5.74, 6) is -2.11. The number of benzene rings is 2. The molecule has 1 amide bonds. The Balaban J connectivity index is 0.000000240. The van der Waals surface area contributed by atoms with Gasteiger partial charge < -0.3 is 19.8 Å². The van der Waals surface area contributed by atoms with Gasteiger partial charge in [0, 0.05) is 13.1 Å². The van der Waals surface area contributed by atoms with E-state index < -0.39 is 35.0 Å². The maximum atomic E-state index is 11.8. The first-order valence-electron chi connectivity index (χ1n) is 11.4. The lowest BCUT2D eigenvalue weighted by Crippen LogP contribution is -2.49. The molecule has 2 aromatic rings. The molecule has 2 aromatic carbocycles. The summed E-state index contributed by atoms with van der Waals surface area (Å²) in [7, 11) is 0. The highest BCUT2D eigenvalue weighted by Crippen LogP contribution is 2.30. The van der Waals surface area contributed by atoms with Gasteiger partial charge in [-0.05, 0) is 58.1 Å². The van der Waals surface area contributed by atoms with E-state index >= 15 is 0 Å². The molecule has 184 valence electrons. The van der Waals surface area contributed by atoms with Crippen molar-refractivity contribution in [3.63, 3.8) is 0 Å². The van der Waals surface area contributed by atoms with E-state index in [4.69, 9.17) is 9.84 Å². The fourth-order valence-corrected chi connectivity index (χ4v) is 3.78. The Kier molecular flexibility index (Phi) is 9.24. The van der Waals surface area contributed by atoms with Crippen molar-refractivity contribution < 1.29 is 29.3 Å². The van der Waals surface area contributed by atoms with Gasteiger partial charge in [-0.2, -0.15) is 0 Å². The highest BCUT2D eigenvalue weighted by molar-refractivity contribution is 5.77. The maximum Gasteiger partial charge on any atom is 0.410 e. The molecule has 1 saturated heterocycles. The van der Waals surface area contributed by atoms with Gasteiger partial charge in [0.1, 0.15) is 5.60 Å². The third kappa shape index (κ3) is 8.21. The predicted molar refractivity (Wildman–Crippen MR) is 130 cm³/mol. The third-order valence-corrected chi connectivity index (χ3v) is 5.65. The van der Waals surface area contributed by atoms with Crippen LogP contribution >= 0.6 is 0 Å². The number of likely N-dealkylation sites (tertiary alicyclic amines) is 1. The van der Waals surface area contributed by atoms with Crippen molar-refractivity contribution in [1.82, 2.24) is 4.90 Å². The highest BCUT2D eigenvalue weighted by Gasteiger charge is 2.40. The summed E-state index contributed by atoms with van der Waals surface area (Å²) in [6.07, 6.45) is 1.40. The Bertz CT molecular complexity index is 954. The van der Waals surface area contributed by atoms with Gasteiger partial charge in [-0.3, -0.25) is 9.59 Å². The lowest BCUT2D eigenvalue weighted by Gasteiger charge is -2.38. The number of ether oxygens (including phenoxy) is 1. The van der Waals surface area contributed by atoms with Crippen LogP contribution in [0, 0.1) is 5.41 Å². The van der Waals surface area contributed by atoms with E-state index in [0.29, 0.717) is 25.8 Å². The van der Waals surface area contributed by atoms with Gasteiger partial charge in [0.2, 0.25) is 0 Å². The molecule has 1 heterocycles. The number of aliphatic carboxylic acids is 2. The van der Waals surface area contributed by atoms with Crippen LogP contribution in [0.4, 0.5) is 4.79 Å². The average Bonchev–Trinajstić information content (AvgIpc) is 2.78. The first-order valence-corrected chi connectivity index (χ1v) is 11.4. The number of hydrogen-bond donors (Lipinski definition) is 2. The van der Waals surface area contributed by atoms with E-state index in [9.17, 15) is 19.5 Å². The zero-order valence-electron chi connectivity index (χ0n) is 20.4. The molecule has 2 N–H and O–H groups in total. The van der Waals surface area contributed by atoms with Crippen molar-refractivity contribution in [3.05, 3.63) is 71.8 Å². The topological polar surface area (TPSA) is 104 Å². The fourth-order valence-electron chi connectivity index (χ4n) is 3.78. The molecule has 0 aromatic heterocycles. The van der Waals surface area contributed by atoms with E-state index in [1.807, 2.05) is 60.7 Å². The Morgan fingerprint density at radius 1 is 1.00 bits per heavy atom. The normalized spacial score (nSPS) is 18.8. The summed E-state index contributed by atoms with van der Waals surface area (Å²) < 4.78 is 5.24. The Labute approximate surface area is 201 Å². The van der Waals surface area contributed by atoms with Crippen molar-refractivity contribution in [2.45, 2.75) is 58.5 Å². The molecule has 2 atom stereocenters. The second-order valence-electron chi connectivity index (χ2n) is 9.86. The average molecular weight is 470 g/mol. The molecule has 0 bridgehead atoms. The molecule has 0 spiro atoms. The molecule has 2 unspecified atom stereocenters. The number of carboxylic acid groups (broad SMARTS) is 2. The number of carbonyl (C=O) groups is 3. The predicted octanol–water partition coefficient (Wildman–Crippen LogP) is 5.21. The van der Waals surface area contributed by atoms with Crippen molar-refractivity contribution >= 4 is 18.0 Å². The molecule has 7 heteroatoms.